The van der Waals surface area contributed by atoms with Crippen molar-refractivity contribution in [2.45, 2.75) is 26.3 Å². The second-order valence-corrected chi connectivity index (χ2v) is 4.74. The van der Waals surface area contributed by atoms with Gasteiger partial charge in [0, 0.05) is 6.07 Å². The molecule has 0 bridgehead atoms. The molecule has 2 aromatic rings. The van der Waals surface area contributed by atoms with Gasteiger partial charge in [0.15, 0.2) is 0 Å². The number of hydrogen-bond acceptors (Lipinski definition) is 1. The summed E-state index contributed by atoms with van der Waals surface area (Å²) in [6, 6.07) is 8.09. The molecule has 0 saturated carbocycles. The monoisotopic (exact) mass is 279 g/mol. The van der Waals surface area contributed by atoms with Gasteiger partial charge in [-0.05, 0) is 42.7 Å². The lowest BCUT2D eigenvalue weighted by atomic mass is 10.0. The van der Waals surface area contributed by atoms with Crippen molar-refractivity contribution in [1.82, 2.24) is 0 Å². The van der Waals surface area contributed by atoms with Crippen molar-refractivity contribution >= 4 is 5.69 Å². The number of benzene rings is 2. The summed E-state index contributed by atoms with van der Waals surface area (Å²) in [5, 5.41) is 2.96. The molecule has 0 amide bonds. The van der Waals surface area contributed by atoms with E-state index >= 15 is 0 Å². The van der Waals surface area contributed by atoms with Gasteiger partial charge >= 0.3 is 0 Å². The predicted octanol–water partition coefficient (Wildman–Crippen LogP) is 4.98. The highest BCUT2D eigenvalue weighted by molar-refractivity contribution is 5.48. The van der Waals surface area contributed by atoms with Crippen LogP contribution in [-0.4, -0.2) is 0 Å². The molecule has 1 N–H and O–H groups in total. The molecule has 0 aliphatic heterocycles. The average molecular weight is 279 g/mol. The highest BCUT2D eigenvalue weighted by Crippen LogP contribution is 2.26. The molecule has 20 heavy (non-hydrogen) atoms. The third-order valence-corrected chi connectivity index (χ3v) is 3.26. The Bertz CT molecular complexity index is 593. The van der Waals surface area contributed by atoms with Gasteiger partial charge in [0.05, 0.1) is 11.7 Å². The lowest BCUT2D eigenvalue weighted by Crippen LogP contribution is -2.11. The number of aryl methyl sites for hydroxylation is 1. The Labute approximate surface area is 116 Å². The molecule has 0 heterocycles. The van der Waals surface area contributed by atoms with Crippen molar-refractivity contribution in [3.05, 3.63) is 65.0 Å². The molecule has 0 aliphatic carbocycles. The quantitative estimate of drug-likeness (QED) is 0.832. The predicted molar refractivity (Wildman–Crippen MR) is 74.1 cm³/mol. The van der Waals surface area contributed by atoms with Crippen LogP contribution in [0.3, 0.4) is 0 Å². The fourth-order valence-electron chi connectivity index (χ4n) is 2.06. The van der Waals surface area contributed by atoms with Gasteiger partial charge in [-0.3, -0.25) is 0 Å². The number of anilines is 1. The first-order valence-electron chi connectivity index (χ1n) is 6.49. The zero-order valence-corrected chi connectivity index (χ0v) is 11.4. The fourth-order valence-corrected chi connectivity index (χ4v) is 2.06. The zero-order valence-electron chi connectivity index (χ0n) is 11.4. The third kappa shape index (κ3) is 3.13. The van der Waals surface area contributed by atoms with E-state index in [0.717, 1.165) is 17.7 Å². The summed E-state index contributed by atoms with van der Waals surface area (Å²) in [4.78, 5) is 0. The van der Waals surface area contributed by atoms with Crippen molar-refractivity contribution in [3.8, 4) is 0 Å². The van der Waals surface area contributed by atoms with Crippen LogP contribution in [0.2, 0.25) is 0 Å². The molecular formula is C16H16F3N. The second-order valence-electron chi connectivity index (χ2n) is 4.74. The molecule has 4 heteroatoms. The summed E-state index contributed by atoms with van der Waals surface area (Å²) in [5.41, 5.74) is 1.21. The van der Waals surface area contributed by atoms with Crippen LogP contribution in [0.15, 0.2) is 36.4 Å². The first-order chi connectivity index (χ1) is 9.51. The molecule has 2 aromatic carbocycles. The van der Waals surface area contributed by atoms with E-state index in [1.807, 2.05) is 6.92 Å². The maximum absolute atomic E-state index is 13.8. The number of halogens is 3. The van der Waals surface area contributed by atoms with Gasteiger partial charge in [0.2, 0.25) is 0 Å². The second kappa shape index (κ2) is 5.99. The van der Waals surface area contributed by atoms with Crippen LogP contribution < -0.4 is 5.32 Å². The summed E-state index contributed by atoms with van der Waals surface area (Å²) < 4.78 is 40.2. The highest BCUT2D eigenvalue weighted by Gasteiger charge is 2.13. The normalized spacial score (nSPS) is 12.2. The van der Waals surface area contributed by atoms with Gasteiger partial charge in [-0.2, -0.15) is 0 Å². The van der Waals surface area contributed by atoms with Crippen LogP contribution in [0.5, 0.6) is 0 Å². The van der Waals surface area contributed by atoms with E-state index in [2.05, 4.69) is 5.32 Å². The summed E-state index contributed by atoms with van der Waals surface area (Å²) in [6.07, 6.45) is 0.667. The van der Waals surface area contributed by atoms with Gasteiger partial charge in [-0.1, -0.05) is 19.1 Å². The molecule has 0 aliphatic rings. The van der Waals surface area contributed by atoms with Crippen LogP contribution in [0.25, 0.3) is 0 Å². The Hall–Kier alpha value is -1.97. The fraction of sp³-hybridized carbons (Fsp3) is 0.250. The van der Waals surface area contributed by atoms with Crippen molar-refractivity contribution < 1.29 is 13.2 Å². The molecular weight excluding hydrogens is 263 g/mol. The number of nitrogens with one attached hydrogen (secondary N) is 1. The van der Waals surface area contributed by atoms with Crippen molar-refractivity contribution in [3.63, 3.8) is 0 Å². The molecule has 0 fully saturated rings. The standard InChI is InChI=1S/C16H16F3N/c1-3-15(11-4-6-12(17)7-5-11)20-16-9-13(18)10(2)8-14(16)19/h4-9,15,20H,3H2,1-2H3. The highest BCUT2D eigenvalue weighted by atomic mass is 19.1. The molecule has 0 spiro atoms. The number of rotatable bonds is 4. The molecule has 1 atom stereocenters. The Morgan fingerprint density at radius 1 is 1.00 bits per heavy atom. The van der Waals surface area contributed by atoms with Gasteiger partial charge in [-0.15, -0.1) is 0 Å². The van der Waals surface area contributed by atoms with E-state index in [4.69, 9.17) is 0 Å². The SMILES string of the molecule is CCC(Nc1cc(F)c(C)cc1F)c1ccc(F)cc1. The van der Waals surface area contributed by atoms with Crippen LogP contribution in [-0.2, 0) is 0 Å². The van der Waals surface area contributed by atoms with Crippen LogP contribution in [0.4, 0.5) is 18.9 Å². The maximum atomic E-state index is 13.8. The third-order valence-electron chi connectivity index (χ3n) is 3.26. The average Bonchev–Trinajstić information content (AvgIpc) is 2.42. The minimum absolute atomic E-state index is 0.115. The van der Waals surface area contributed by atoms with Crippen LogP contribution in [0.1, 0.15) is 30.5 Å². The molecule has 0 aromatic heterocycles. The van der Waals surface area contributed by atoms with E-state index in [1.54, 1.807) is 12.1 Å². The zero-order chi connectivity index (χ0) is 14.7. The molecule has 2 rings (SSSR count). The molecule has 1 nitrogen and oxygen atoms in total. The largest absolute Gasteiger partial charge is 0.376 e. The van der Waals surface area contributed by atoms with Gasteiger partial charge in [0.1, 0.15) is 17.5 Å². The van der Waals surface area contributed by atoms with E-state index in [0.29, 0.717) is 6.42 Å². The Morgan fingerprint density at radius 2 is 1.65 bits per heavy atom. The Balaban J connectivity index is 2.26. The van der Waals surface area contributed by atoms with Crippen molar-refractivity contribution in [2.24, 2.45) is 0 Å². The molecule has 1 unspecified atom stereocenters. The Kier molecular flexibility index (Phi) is 4.32. The summed E-state index contributed by atoms with van der Waals surface area (Å²) >= 11 is 0. The molecule has 0 radical (unpaired) electrons. The Morgan fingerprint density at radius 3 is 2.25 bits per heavy atom. The van der Waals surface area contributed by atoms with E-state index in [-0.39, 0.29) is 23.1 Å². The molecule has 0 saturated heterocycles. The van der Waals surface area contributed by atoms with Gasteiger partial charge in [-0.25, -0.2) is 13.2 Å². The summed E-state index contributed by atoms with van der Waals surface area (Å²) in [7, 11) is 0. The van der Waals surface area contributed by atoms with E-state index in [1.165, 1.54) is 19.1 Å². The summed E-state index contributed by atoms with van der Waals surface area (Å²) in [5.74, 6) is -1.27. The van der Waals surface area contributed by atoms with Crippen molar-refractivity contribution in [1.29, 1.82) is 0 Å². The first kappa shape index (κ1) is 14.4. The molecule has 106 valence electrons. The minimum atomic E-state index is -0.496. The topological polar surface area (TPSA) is 12.0 Å². The van der Waals surface area contributed by atoms with Gasteiger partial charge < -0.3 is 5.32 Å². The minimum Gasteiger partial charge on any atom is -0.376 e. The first-order valence-corrected chi connectivity index (χ1v) is 6.49. The maximum Gasteiger partial charge on any atom is 0.146 e. The summed E-state index contributed by atoms with van der Waals surface area (Å²) in [6.45, 7) is 3.43. The van der Waals surface area contributed by atoms with Gasteiger partial charge in [0.25, 0.3) is 0 Å². The lowest BCUT2D eigenvalue weighted by Gasteiger charge is -2.19. The van der Waals surface area contributed by atoms with E-state index in [9.17, 15) is 13.2 Å². The van der Waals surface area contributed by atoms with Crippen molar-refractivity contribution in [2.75, 3.05) is 5.32 Å². The smallest absolute Gasteiger partial charge is 0.146 e. The van der Waals surface area contributed by atoms with Crippen LogP contribution >= 0.6 is 0 Å². The number of hydrogen-bond donors (Lipinski definition) is 1. The van der Waals surface area contributed by atoms with E-state index < -0.39 is 11.6 Å². The lowest BCUT2D eigenvalue weighted by molar-refractivity contribution is 0.590. The van der Waals surface area contributed by atoms with Crippen LogP contribution in [0, 0.1) is 24.4 Å².